The SMILES string of the molecule is CCN(C(=O)NC(C)C)C1CCCC1. The highest BCUT2D eigenvalue weighted by molar-refractivity contribution is 5.74. The maximum atomic E-state index is 11.8. The molecule has 0 aliphatic heterocycles. The lowest BCUT2D eigenvalue weighted by atomic mass is 10.2. The van der Waals surface area contributed by atoms with Crippen molar-refractivity contribution in [1.29, 1.82) is 0 Å². The smallest absolute Gasteiger partial charge is 0.317 e. The van der Waals surface area contributed by atoms with E-state index in [1.54, 1.807) is 0 Å². The Labute approximate surface area is 86.9 Å². The lowest BCUT2D eigenvalue weighted by Gasteiger charge is -2.28. The molecule has 0 aromatic rings. The van der Waals surface area contributed by atoms with Crippen LogP contribution in [0.15, 0.2) is 0 Å². The molecule has 1 aliphatic carbocycles. The number of hydrogen-bond acceptors (Lipinski definition) is 1. The Morgan fingerprint density at radius 3 is 2.43 bits per heavy atom. The first-order valence-corrected chi connectivity index (χ1v) is 5.72. The number of amides is 2. The highest BCUT2D eigenvalue weighted by Gasteiger charge is 2.25. The molecule has 0 heterocycles. The second-order valence-corrected chi connectivity index (χ2v) is 4.33. The third-order valence-electron chi connectivity index (χ3n) is 2.78. The summed E-state index contributed by atoms with van der Waals surface area (Å²) in [7, 11) is 0. The van der Waals surface area contributed by atoms with E-state index in [0.29, 0.717) is 6.04 Å². The molecule has 82 valence electrons. The number of rotatable bonds is 3. The van der Waals surface area contributed by atoms with Crippen LogP contribution in [0.2, 0.25) is 0 Å². The predicted molar refractivity (Wildman–Crippen MR) is 58.3 cm³/mol. The van der Waals surface area contributed by atoms with Crippen LogP contribution in [-0.4, -0.2) is 29.6 Å². The quantitative estimate of drug-likeness (QED) is 0.742. The molecule has 1 aliphatic rings. The minimum absolute atomic E-state index is 0.106. The van der Waals surface area contributed by atoms with Gasteiger partial charge in [0.15, 0.2) is 0 Å². The van der Waals surface area contributed by atoms with E-state index in [4.69, 9.17) is 0 Å². The molecule has 14 heavy (non-hydrogen) atoms. The molecule has 1 N–H and O–H groups in total. The summed E-state index contributed by atoms with van der Waals surface area (Å²) >= 11 is 0. The summed E-state index contributed by atoms with van der Waals surface area (Å²) in [6.07, 6.45) is 4.91. The third kappa shape index (κ3) is 2.89. The molecular formula is C11H22N2O. The summed E-state index contributed by atoms with van der Waals surface area (Å²) in [6, 6.07) is 0.825. The lowest BCUT2D eigenvalue weighted by Crippen LogP contribution is -2.47. The number of urea groups is 1. The van der Waals surface area contributed by atoms with Crippen molar-refractivity contribution in [2.45, 2.75) is 58.5 Å². The first-order chi connectivity index (χ1) is 6.65. The van der Waals surface area contributed by atoms with E-state index in [0.717, 1.165) is 6.54 Å². The molecule has 0 aromatic heterocycles. The summed E-state index contributed by atoms with van der Waals surface area (Å²) in [5.41, 5.74) is 0. The van der Waals surface area contributed by atoms with Gasteiger partial charge in [-0.25, -0.2) is 4.79 Å². The monoisotopic (exact) mass is 198 g/mol. The summed E-state index contributed by atoms with van der Waals surface area (Å²) in [6.45, 7) is 6.88. The van der Waals surface area contributed by atoms with Crippen molar-refractivity contribution >= 4 is 6.03 Å². The molecule has 1 rings (SSSR count). The second kappa shape index (κ2) is 5.23. The van der Waals surface area contributed by atoms with Crippen LogP contribution in [0, 0.1) is 0 Å². The van der Waals surface area contributed by atoms with Crippen LogP contribution in [0.3, 0.4) is 0 Å². The van der Waals surface area contributed by atoms with Crippen molar-refractivity contribution in [3.63, 3.8) is 0 Å². The van der Waals surface area contributed by atoms with Gasteiger partial charge in [0.2, 0.25) is 0 Å². The van der Waals surface area contributed by atoms with Gasteiger partial charge in [0.25, 0.3) is 0 Å². The topological polar surface area (TPSA) is 32.3 Å². The van der Waals surface area contributed by atoms with Gasteiger partial charge in [-0.3, -0.25) is 0 Å². The lowest BCUT2D eigenvalue weighted by molar-refractivity contribution is 0.176. The molecule has 0 unspecified atom stereocenters. The number of carbonyl (C=O) groups is 1. The first kappa shape index (κ1) is 11.3. The van der Waals surface area contributed by atoms with Crippen molar-refractivity contribution in [3.8, 4) is 0 Å². The number of nitrogens with one attached hydrogen (secondary N) is 1. The Kier molecular flexibility index (Phi) is 4.23. The van der Waals surface area contributed by atoms with Gasteiger partial charge in [0.1, 0.15) is 0 Å². The van der Waals surface area contributed by atoms with E-state index in [9.17, 15) is 4.79 Å². The zero-order valence-electron chi connectivity index (χ0n) is 9.55. The fourth-order valence-corrected chi connectivity index (χ4v) is 2.11. The Morgan fingerprint density at radius 2 is 2.00 bits per heavy atom. The van der Waals surface area contributed by atoms with E-state index >= 15 is 0 Å². The van der Waals surface area contributed by atoms with Gasteiger partial charge in [-0.15, -0.1) is 0 Å². The van der Waals surface area contributed by atoms with E-state index in [2.05, 4.69) is 12.2 Å². The van der Waals surface area contributed by atoms with Gasteiger partial charge in [0, 0.05) is 18.6 Å². The van der Waals surface area contributed by atoms with Crippen molar-refractivity contribution in [3.05, 3.63) is 0 Å². The Morgan fingerprint density at radius 1 is 1.43 bits per heavy atom. The van der Waals surface area contributed by atoms with E-state index in [1.165, 1.54) is 25.7 Å². The van der Waals surface area contributed by atoms with Gasteiger partial charge < -0.3 is 10.2 Å². The van der Waals surface area contributed by atoms with Gasteiger partial charge in [-0.2, -0.15) is 0 Å². The Hall–Kier alpha value is -0.730. The van der Waals surface area contributed by atoms with Crippen LogP contribution in [0.5, 0.6) is 0 Å². The van der Waals surface area contributed by atoms with Crippen molar-refractivity contribution in [2.75, 3.05) is 6.54 Å². The molecule has 1 saturated carbocycles. The number of nitrogens with zero attached hydrogens (tertiary/aromatic N) is 1. The summed E-state index contributed by atoms with van der Waals surface area (Å²) in [5.74, 6) is 0. The third-order valence-corrected chi connectivity index (χ3v) is 2.78. The van der Waals surface area contributed by atoms with Crippen molar-refractivity contribution < 1.29 is 4.79 Å². The van der Waals surface area contributed by atoms with Crippen LogP contribution in [0.4, 0.5) is 4.79 Å². The molecular weight excluding hydrogens is 176 g/mol. The van der Waals surface area contributed by atoms with Crippen LogP contribution < -0.4 is 5.32 Å². The van der Waals surface area contributed by atoms with Crippen molar-refractivity contribution in [2.24, 2.45) is 0 Å². The maximum Gasteiger partial charge on any atom is 0.317 e. The Balaban J connectivity index is 2.47. The van der Waals surface area contributed by atoms with Gasteiger partial charge >= 0.3 is 6.03 Å². The maximum absolute atomic E-state index is 11.8. The fourth-order valence-electron chi connectivity index (χ4n) is 2.11. The van der Waals surface area contributed by atoms with E-state index in [1.807, 2.05) is 18.7 Å². The fraction of sp³-hybridized carbons (Fsp3) is 0.909. The highest BCUT2D eigenvalue weighted by Crippen LogP contribution is 2.23. The zero-order chi connectivity index (χ0) is 10.6. The van der Waals surface area contributed by atoms with Crippen LogP contribution >= 0.6 is 0 Å². The van der Waals surface area contributed by atoms with Gasteiger partial charge in [-0.1, -0.05) is 12.8 Å². The molecule has 3 heteroatoms. The molecule has 3 nitrogen and oxygen atoms in total. The minimum Gasteiger partial charge on any atom is -0.336 e. The molecule has 0 atom stereocenters. The summed E-state index contributed by atoms with van der Waals surface area (Å²) in [5, 5.41) is 2.96. The molecule has 0 spiro atoms. The van der Waals surface area contributed by atoms with Crippen LogP contribution in [0.1, 0.15) is 46.5 Å². The van der Waals surface area contributed by atoms with Crippen LogP contribution in [-0.2, 0) is 0 Å². The molecule has 0 aromatic carbocycles. The average Bonchev–Trinajstić information content (AvgIpc) is 2.57. The molecule has 1 fully saturated rings. The molecule has 0 radical (unpaired) electrons. The Bertz CT molecular complexity index is 186. The van der Waals surface area contributed by atoms with Crippen molar-refractivity contribution in [1.82, 2.24) is 10.2 Å². The largest absolute Gasteiger partial charge is 0.336 e. The standard InChI is InChI=1S/C11H22N2O/c1-4-13(10-7-5-6-8-10)11(14)12-9(2)3/h9-10H,4-8H2,1-3H3,(H,12,14). The first-order valence-electron chi connectivity index (χ1n) is 5.72. The summed E-state index contributed by atoms with van der Waals surface area (Å²) in [4.78, 5) is 13.8. The van der Waals surface area contributed by atoms with Gasteiger partial charge in [0.05, 0.1) is 0 Å². The normalized spacial score (nSPS) is 17.4. The van der Waals surface area contributed by atoms with E-state index < -0.39 is 0 Å². The van der Waals surface area contributed by atoms with Gasteiger partial charge in [-0.05, 0) is 33.6 Å². The van der Waals surface area contributed by atoms with E-state index in [-0.39, 0.29) is 12.1 Å². The zero-order valence-corrected chi connectivity index (χ0v) is 9.55. The molecule has 2 amide bonds. The number of hydrogen-bond donors (Lipinski definition) is 1. The average molecular weight is 198 g/mol. The predicted octanol–water partition coefficient (Wildman–Crippen LogP) is 2.37. The van der Waals surface area contributed by atoms with Crippen LogP contribution in [0.25, 0.3) is 0 Å². The minimum atomic E-state index is 0.106. The second-order valence-electron chi connectivity index (χ2n) is 4.33. The number of carbonyl (C=O) groups excluding carboxylic acids is 1. The molecule has 0 bridgehead atoms. The highest BCUT2D eigenvalue weighted by atomic mass is 16.2. The molecule has 0 saturated heterocycles. The summed E-state index contributed by atoms with van der Waals surface area (Å²) < 4.78 is 0.